The number of hydrogen-bond acceptors (Lipinski definition) is 4. The fourth-order valence-electron chi connectivity index (χ4n) is 2.21. The Hall–Kier alpha value is -1.85. The molecule has 2 rings (SSSR count). The predicted octanol–water partition coefficient (Wildman–Crippen LogP) is 2.67. The number of hydrogen-bond donors (Lipinski definition) is 3. The zero-order chi connectivity index (χ0) is 16.9. The lowest BCUT2D eigenvalue weighted by molar-refractivity contribution is 0.347. The van der Waals surface area contributed by atoms with Crippen molar-refractivity contribution in [2.24, 2.45) is 0 Å². The summed E-state index contributed by atoms with van der Waals surface area (Å²) in [6.45, 7) is 0.305. The van der Waals surface area contributed by atoms with Crippen LogP contribution >= 0.6 is 7.60 Å². The molecule has 0 heterocycles. The van der Waals surface area contributed by atoms with E-state index in [1.165, 1.54) is 7.11 Å². The molecule has 2 aromatic rings. The quantitative estimate of drug-likeness (QED) is 0.673. The summed E-state index contributed by atoms with van der Waals surface area (Å²) in [4.78, 5) is 19.3. The molecule has 23 heavy (non-hydrogen) atoms. The van der Waals surface area contributed by atoms with E-state index in [0.29, 0.717) is 23.6 Å². The van der Waals surface area contributed by atoms with E-state index in [1.54, 1.807) is 31.4 Å². The number of rotatable bonds is 7. The SMILES string of the molecule is COc1ccc([C@H](NCc2cccc(OC)c2)P(=O)(O)O)cc1. The number of ether oxygens (including phenoxy) is 2. The maximum Gasteiger partial charge on any atom is 0.346 e. The molecule has 124 valence electrons. The summed E-state index contributed by atoms with van der Waals surface area (Å²) in [5, 5.41) is 2.92. The molecule has 0 aliphatic carbocycles. The van der Waals surface area contributed by atoms with Crippen LogP contribution in [-0.2, 0) is 11.1 Å². The first-order chi connectivity index (χ1) is 10.9. The van der Waals surface area contributed by atoms with E-state index in [9.17, 15) is 14.4 Å². The van der Waals surface area contributed by atoms with Crippen LogP contribution in [0.2, 0.25) is 0 Å². The fraction of sp³-hybridized carbons (Fsp3) is 0.250. The molecule has 0 bridgehead atoms. The maximum absolute atomic E-state index is 11.8. The monoisotopic (exact) mass is 337 g/mol. The van der Waals surface area contributed by atoms with Crippen molar-refractivity contribution in [3.63, 3.8) is 0 Å². The van der Waals surface area contributed by atoms with Crippen molar-refractivity contribution in [2.45, 2.75) is 12.3 Å². The molecule has 1 atom stereocenters. The third-order valence-corrected chi connectivity index (χ3v) is 4.55. The van der Waals surface area contributed by atoms with E-state index in [1.807, 2.05) is 24.3 Å². The lowest BCUT2D eigenvalue weighted by atomic mass is 10.2. The van der Waals surface area contributed by atoms with Crippen LogP contribution in [0.1, 0.15) is 16.9 Å². The van der Waals surface area contributed by atoms with Gasteiger partial charge in [-0.1, -0.05) is 24.3 Å². The van der Waals surface area contributed by atoms with Crippen molar-refractivity contribution < 1.29 is 23.8 Å². The van der Waals surface area contributed by atoms with Crippen molar-refractivity contribution in [1.29, 1.82) is 0 Å². The highest BCUT2D eigenvalue weighted by atomic mass is 31.2. The van der Waals surface area contributed by atoms with Crippen LogP contribution in [0.15, 0.2) is 48.5 Å². The smallest absolute Gasteiger partial charge is 0.346 e. The van der Waals surface area contributed by atoms with Gasteiger partial charge in [-0.05, 0) is 35.4 Å². The van der Waals surface area contributed by atoms with Crippen LogP contribution in [0.4, 0.5) is 0 Å². The van der Waals surface area contributed by atoms with Crippen LogP contribution < -0.4 is 14.8 Å². The molecule has 0 aromatic heterocycles. The molecule has 0 radical (unpaired) electrons. The summed E-state index contributed by atoms with van der Waals surface area (Å²) < 4.78 is 22.0. The highest BCUT2D eigenvalue weighted by molar-refractivity contribution is 7.52. The van der Waals surface area contributed by atoms with Crippen molar-refractivity contribution >= 4 is 7.60 Å². The molecule has 0 amide bonds. The van der Waals surface area contributed by atoms with Crippen molar-refractivity contribution in [2.75, 3.05) is 14.2 Å². The summed E-state index contributed by atoms with van der Waals surface area (Å²) >= 11 is 0. The third-order valence-electron chi connectivity index (χ3n) is 3.40. The first-order valence-corrected chi connectivity index (χ1v) is 8.67. The van der Waals surface area contributed by atoms with Crippen LogP contribution in [0.5, 0.6) is 11.5 Å². The van der Waals surface area contributed by atoms with E-state index < -0.39 is 13.4 Å². The zero-order valence-electron chi connectivity index (χ0n) is 13.0. The average molecular weight is 337 g/mol. The second-order valence-corrected chi connectivity index (χ2v) is 6.69. The summed E-state index contributed by atoms with van der Waals surface area (Å²) in [5.41, 5.74) is 1.37. The van der Waals surface area contributed by atoms with Gasteiger partial charge in [0.25, 0.3) is 0 Å². The molecule has 0 saturated heterocycles. The lowest BCUT2D eigenvalue weighted by Crippen LogP contribution is -2.21. The van der Waals surface area contributed by atoms with Gasteiger partial charge in [-0.2, -0.15) is 0 Å². The van der Waals surface area contributed by atoms with E-state index in [0.717, 1.165) is 5.56 Å². The Labute approximate surface area is 135 Å². The Morgan fingerprint density at radius 2 is 1.70 bits per heavy atom. The normalized spacial score (nSPS) is 12.7. The average Bonchev–Trinajstić information content (AvgIpc) is 2.54. The molecular formula is C16H20NO5P. The largest absolute Gasteiger partial charge is 0.497 e. The molecular weight excluding hydrogens is 317 g/mol. The number of nitrogens with one attached hydrogen (secondary N) is 1. The van der Waals surface area contributed by atoms with E-state index in [-0.39, 0.29) is 0 Å². The van der Waals surface area contributed by atoms with Gasteiger partial charge in [0, 0.05) is 6.54 Å². The minimum Gasteiger partial charge on any atom is -0.497 e. The second-order valence-electron chi connectivity index (χ2n) is 5.00. The van der Waals surface area contributed by atoms with Gasteiger partial charge in [-0.25, -0.2) is 0 Å². The van der Waals surface area contributed by atoms with Crippen molar-refractivity contribution in [3.8, 4) is 11.5 Å². The Bertz CT molecular complexity index is 683. The number of methoxy groups -OCH3 is 2. The van der Waals surface area contributed by atoms with Crippen molar-refractivity contribution in [3.05, 3.63) is 59.7 Å². The van der Waals surface area contributed by atoms with E-state index >= 15 is 0 Å². The molecule has 3 N–H and O–H groups in total. The highest BCUT2D eigenvalue weighted by Gasteiger charge is 2.29. The molecule has 0 fully saturated rings. The third kappa shape index (κ3) is 4.81. The van der Waals surface area contributed by atoms with Gasteiger partial charge in [-0.3, -0.25) is 9.88 Å². The molecule has 6 nitrogen and oxygen atoms in total. The highest BCUT2D eigenvalue weighted by Crippen LogP contribution is 2.50. The summed E-state index contributed by atoms with van der Waals surface area (Å²) in [6, 6.07) is 13.9. The minimum absolute atomic E-state index is 0.305. The first-order valence-electron chi connectivity index (χ1n) is 6.99. The summed E-state index contributed by atoms with van der Waals surface area (Å²) in [7, 11) is -1.25. The predicted molar refractivity (Wildman–Crippen MR) is 87.6 cm³/mol. The lowest BCUT2D eigenvalue weighted by Gasteiger charge is -2.21. The van der Waals surface area contributed by atoms with E-state index in [2.05, 4.69) is 5.32 Å². The molecule has 0 unspecified atom stereocenters. The molecule has 0 aliphatic rings. The molecule has 7 heteroatoms. The van der Waals surface area contributed by atoms with Gasteiger partial charge >= 0.3 is 7.60 Å². The van der Waals surface area contributed by atoms with Gasteiger partial charge in [0.05, 0.1) is 14.2 Å². The molecule has 2 aromatic carbocycles. The standard InChI is InChI=1S/C16H20NO5P/c1-21-14-8-6-13(7-9-14)16(23(18,19)20)17-11-12-4-3-5-15(10-12)22-2/h3-10,16-17H,11H2,1-2H3,(H2,18,19,20)/t16-/m1/s1. The van der Waals surface area contributed by atoms with Crippen LogP contribution in [0, 0.1) is 0 Å². The molecule has 0 aliphatic heterocycles. The first kappa shape index (κ1) is 17.5. The maximum atomic E-state index is 11.8. The fourth-order valence-corrected chi connectivity index (χ4v) is 3.10. The summed E-state index contributed by atoms with van der Waals surface area (Å²) in [5.74, 6) is 0.243. The molecule has 0 spiro atoms. The van der Waals surface area contributed by atoms with E-state index in [4.69, 9.17) is 9.47 Å². The van der Waals surface area contributed by atoms with Gasteiger partial charge in [0.15, 0.2) is 0 Å². The van der Waals surface area contributed by atoms with Gasteiger partial charge < -0.3 is 19.3 Å². The Kier molecular flexibility index (Phi) is 5.80. The Balaban J connectivity index is 2.17. The van der Waals surface area contributed by atoms with Crippen molar-refractivity contribution in [1.82, 2.24) is 5.32 Å². The topological polar surface area (TPSA) is 88.0 Å². The van der Waals surface area contributed by atoms with Gasteiger partial charge in [0.2, 0.25) is 0 Å². The minimum atomic E-state index is -4.36. The van der Waals surface area contributed by atoms with Crippen LogP contribution in [-0.4, -0.2) is 24.0 Å². The second kappa shape index (κ2) is 7.62. The van der Waals surface area contributed by atoms with Gasteiger partial charge in [0.1, 0.15) is 17.3 Å². The van der Waals surface area contributed by atoms with Crippen LogP contribution in [0.25, 0.3) is 0 Å². The molecule has 0 saturated carbocycles. The number of benzene rings is 2. The summed E-state index contributed by atoms with van der Waals surface area (Å²) in [6.07, 6.45) is 0. The Morgan fingerprint density at radius 1 is 1.04 bits per heavy atom. The van der Waals surface area contributed by atoms with Crippen LogP contribution in [0.3, 0.4) is 0 Å². The zero-order valence-corrected chi connectivity index (χ0v) is 13.9. The Morgan fingerprint density at radius 3 is 2.26 bits per heavy atom. The van der Waals surface area contributed by atoms with Gasteiger partial charge in [-0.15, -0.1) is 0 Å².